The zero-order chi connectivity index (χ0) is 14.1. The molecule has 1 aliphatic rings. The zero-order valence-electron chi connectivity index (χ0n) is 12.0. The third-order valence-corrected chi connectivity index (χ3v) is 4.26. The summed E-state index contributed by atoms with van der Waals surface area (Å²) in [7, 11) is 1.92. The molecule has 0 bridgehead atoms. The summed E-state index contributed by atoms with van der Waals surface area (Å²) in [6.07, 6.45) is 2.08. The van der Waals surface area contributed by atoms with Crippen LogP contribution in [0.4, 0.5) is 0 Å². The summed E-state index contributed by atoms with van der Waals surface area (Å²) in [5.74, 6) is 0.116. The summed E-state index contributed by atoms with van der Waals surface area (Å²) >= 11 is 0. The first-order valence-corrected chi connectivity index (χ1v) is 7.09. The molecule has 0 heterocycles. The molecule has 2 aromatic carbocycles. The van der Waals surface area contributed by atoms with Gasteiger partial charge in [-0.15, -0.1) is 0 Å². The van der Waals surface area contributed by atoms with Gasteiger partial charge in [0.25, 0.3) is 5.91 Å². The van der Waals surface area contributed by atoms with E-state index < -0.39 is 0 Å². The third kappa shape index (κ3) is 2.11. The molecule has 0 spiro atoms. The van der Waals surface area contributed by atoms with Gasteiger partial charge in [-0.3, -0.25) is 4.79 Å². The van der Waals surface area contributed by atoms with Gasteiger partial charge >= 0.3 is 0 Å². The molecule has 1 atom stereocenters. The van der Waals surface area contributed by atoms with E-state index in [2.05, 4.69) is 24.3 Å². The minimum Gasteiger partial charge on any atom is -0.335 e. The first-order valence-electron chi connectivity index (χ1n) is 7.09. The predicted octanol–water partition coefficient (Wildman–Crippen LogP) is 3.75. The van der Waals surface area contributed by atoms with E-state index in [1.165, 1.54) is 11.1 Å². The van der Waals surface area contributed by atoms with E-state index in [-0.39, 0.29) is 11.9 Å². The van der Waals surface area contributed by atoms with Crippen molar-refractivity contribution in [2.24, 2.45) is 0 Å². The molecule has 0 aliphatic heterocycles. The van der Waals surface area contributed by atoms with Gasteiger partial charge in [0.15, 0.2) is 0 Å². The van der Waals surface area contributed by atoms with E-state index in [0.717, 1.165) is 24.0 Å². The Bertz CT molecular complexity index is 647. The highest BCUT2D eigenvalue weighted by Crippen LogP contribution is 2.35. The van der Waals surface area contributed by atoms with Crippen molar-refractivity contribution in [1.82, 2.24) is 4.90 Å². The first-order chi connectivity index (χ1) is 9.68. The van der Waals surface area contributed by atoms with E-state index in [0.29, 0.717) is 0 Å². The molecular weight excluding hydrogens is 246 g/mol. The number of rotatable bonds is 2. The highest BCUT2D eigenvalue weighted by molar-refractivity contribution is 5.95. The van der Waals surface area contributed by atoms with E-state index in [4.69, 9.17) is 0 Å². The minimum atomic E-state index is 0.116. The second-order valence-electron chi connectivity index (χ2n) is 5.48. The van der Waals surface area contributed by atoms with Crippen molar-refractivity contribution >= 4 is 5.91 Å². The molecule has 0 radical (unpaired) electrons. The lowest BCUT2D eigenvalue weighted by atomic mass is 10.0. The van der Waals surface area contributed by atoms with Crippen LogP contribution < -0.4 is 0 Å². The Morgan fingerprint density at radius 2 is 1.80 bits per heavy atom. The van der Waals surface area contributed by atoms with Gasteiger partial charge in [0.05, 0.1) is 6.04 Å². The van der Waals surface area contributed by atoms with Crippen LogP contribution in [0.5, 0.6) is 0 Å². The van der Waals surface area contributed by atoms with Crippen LogP contribution in [0.25, 0.3) is 0 Å². The van der Waals surface area contributed by atoms with Crippen LogP contribution in [0, 0.1) is 6.92 Å². The number of aryl methyl sites for hydroxylation is 2. The predicted molar refractivity (Wildman–Crippen MR) is 80.8 cm³/mol. The highest BCUT2D eigenvalue weighted by atomic mass is 16.2. The lowest BCUT2D eigenvalue weighted by Gasteiger charge is -2.26. The summed E-state index contributed by atoms with van der Waals surface area (Å²) in [6.45, 7) is 1.99. The van der Waals surface area contributed by atoms with Crippen molar-refractivity contribution in [2.75, 3.05) is 7.05 Å². The van der Waals surface area contributed by atoms with Crippen LogP contribution in [0.1, 0.15) is 39.5 Å². The smallest absolute Gasteiger partial charge is 0.254 e. The highest BCUT2D eigenvalue weighted by Gasteiger charge is 2.29. The number of hydrogen-bond acceptors (Lipinski definition) is 1. The first kappa shape index (κ1) is 12.9. The third-order valence-electron chi connectivity index (χ3n) is 4.26. The number of benzene rings is 2. The molecule has 1 unspecified atom stereocenters. The fraction of sp³-hybridized carbons (Fsp3) is 0.278. The van der Waals surface area contributed by atoms with Gasteiger partial charge in [0, 0.05) is 12.6 Å². The topological polar surface area (TPSA) is 20.3 Å². The summed E-state index contributed by atoms with van der Waals surface area (Å²) in [5.41, 5.74) is 4.52. The van der Waals surface area contributed by atoms with Crippen LogP contribution >= 0.6 is 0 Å². The normalized spacial score (nSPS) is 16.8. The van der Waals surface area contributed by atoms with Crippen LogP contribution in [0.2, 0.25) is 0 Å². The van der Waals surface area contributed by atoms with Gasteiger partial charge in [0.2, 0.25) is 0 Å². The fourth-order valence-corrected chi connectivity index (χ4v) is 3.08. The molecule has 20 heavy (non-hydrogen) atoms. The molecule has 1 aliphatic carbocycles. The molecule has 0 saturated heterocycles. The van der Waals surface area contributed by atoms with Gasteiger partial charge in [-0.05, 0) is 42.5 Å². The maximum atomic E-state index is 12.7. The Labute approximate surface area is 120 Å². The molecular formula is C18H19NO. The molecule has 0 aromatic heterocycles. The van der Waals surface area contributed by atoms with Crippen molar-refractivity contribution in [3.8, 4) is 0 Å². The molecule has 2 nitrogen and oxygen atoms in total. The molecule has 0 saturated carbocycles. The lowest BCUT2D eigenvalue weighted by Crippen LogP contribution is -2.30. The van der Waals surface area contributed by atoms with Gasteiger partial charge in [-0.2, -0.15) is 0 Å². The average Bonchev–Trinajstić information content (AvgIpc) is 2.90. The monoisotopic (exact) mass is 265 g/mol. The molecule has 0 N–H and O–H groups in total. The van der Waals surface area contributed by atoms with Gasteiger partial charge in [-0.1, -0.05) is 42.5 Å². The summed E-state index contributed by atoms with van der Waals surface area (Å²) < 4.78 is 0. The molecule has 3 rings (SSSR count). The van der Waals surface area contributed by atoms with Gasteiger partial charge in [-0.25, -0.2) is 0 Å². The maximum Gasteiger partial charge on any atom is 0.254 e. The Balaban J connectivity index is 1.89. The van der Waals surface area contributed by atoms with E-state index >= 15 is 0 Å². The summed E-state index contributed by atoms with van der Waals surface area (Å²) in [4.78, 5) is 14.6. The largest absolute Gasteiger partial charge is 0.335 e. The quantitative estimate of drug-likeness (QED) is 0.809. The van der Waals surface area contributed by atoms with E-state index in [1.807, 2.05) is 43.1 Å². The van der Waals surface area contributed by atoms with Crippen molar-refractivity contribution in [2.45, 2.75) is 25.8 Å². The number of fused-ring (bicyclic) bond motifs is 1. The van der Waals surface area contributed by atoms with Crippen molar-refractivity contribution in [3.05, 3.63) is 70.8 Å². The molecule has 1 amide bonds. The van der Waals surface area contributed by atoms with Gasteiger partial charge in [0.1, 0.15) is 0 Å². The second kappa shape index (κ2) is 5.12. The number of carbonyl (C=O) groups is 1. The van der Waals surface area contributed by atoms with Crippen molar-refractivity contribution in [3.63, 3.8) is 0 Å². The Morgan fingerprint density at radius 1 is 1.10 bits per heavy atom. The van der Waals surface area contributed by atoms with Crippen molar-refractivity contribution in [1.29, 1.82) is 0 Å². The number of carbonyl (C=O) groups excluding carboxylic acids is 1. The SMILES string of the molecule is Cc1ccccc1C(=O)N(C)C1CCc2ccccc21. The van der Waals surface area contributed by atoms with Crippen LogP contribution in [0.3, 0.4) is 0 Å². The molecule has 102 valence electrons. The van der Waals surface area contributed by atoms with Crippen LogP contribution in [-0.2, 0) is 6.42 Å². The molecule has 2 aromatic rings. The summed E-state index contributed by atoms with van der Waals surface area (Å²) in [5, 5.41) is 0. The second-order valence-corrected chi connectivity index (χ2v) is 5.48. The van der Waals surface area contributed by atoms with Gasteiger partial charge < -0.3 is 4.90 Å². The Kier molecular flexibility index (Phi) is 3.31. The molecule has 0 fully saturated rings. The standard InChI is InChI=1S/C18H19NO/c1-13-7-3-5-9-15(13)18(20)19(2)17-12-11-14-8-4-6-10-16(14)17/h3-10,17H,11-12H2,1-2H3. The number of nitrogens with zero attached hydrogens (tertiary/aromatic N) is 1. The van der Waals surface area contributed by atoms with E-state index in [1.54, 1.807) is 0 Å². The fourth-order valence-electron chi connectivity index (χ4n) is 3.08. The molecule has 2 heteroatoms. The lowest BCUT2D eigenvalue weighted by molar-refractivity contribution is 0.0730. The zero-order valence-corrected chi connectivity index (χ0v) is 12.0. The Hall–Kier alpha value is -2.09. The average molecular weight is 265 g/mol. The minimum absolute atomic E-state index is 0.116. The van der Waals surface area contributed by atoms with Crippen molar-refractivity contribution < 1.29 is 4.79 Å². The maximum absolute atomic E-state index is 12.7. The van der Waals surface area contributed by atoms with Crippen LogP contribution in [-0.4, -0.2) is 17.9 Å². The number of amides is 1. The number of hydrogen-bond donors (Lipinski definition) is 0. The Morgan fingerprint density at radius 3 is 2.60 bits per heavy atom. The van der Waals surface area contributed by atoms with Crippen LogP contribution in [0.15, 0.2) is 48.5 Å². The summed E-state index contributed by atoms with van der Waals surface area (Å²) in [6, 6.07) is 16.5. The van der Waals surface area contributed by atoms with E-state index in [9.17, 15) is 4.79 Å².